The van der Waals surface area contributed by atoms with Crippen molar-refractivity contribution in [2.45, 2.75) is 9.79 Å². The van der Waals surface area contributed by atoms with E-state index in [0.717, 1.165) is 0 Å². The van der Waals surface area contributed by atoms with Crippen molar-refractivity contribution in [3.05, 3.63) is 48.5 Å². The molecule has 0 atom stereocenters. The van der Waals surface area contributed by atoms with Crippen molar-refractivity contribution >= 4 is 113 Å². The van der Waals surface area contributed by atoms with E-state index in [0.29, 0.717) is 0 Å². The molecule has 90 valence electrons. The van der Waals surface area contributed by atoms with Gasteiger partial charge < -0.3 is 10.2 Å². The van der Waals surface area contributed by atoms with Crippen LogP contribution < -0.4 is 0 Å². The van der Waals surface area contributed by atoms with Crippen LogP contribution >= 0.6 is 0 Å². The first-order chi connectivity index (χ1) is 8.00. The predicted molar refractivity (Wildman–Crippen MR) is 73.2 cm³/mol. The minimum Gasteiger partial charge on any atom is -0.508 e. The summed E-state index contributed by atoms with van der Waals surface area (Å²) in [5, 5.41) is 18.2. The molecular formula is C12H10K2O4S. The van der Waals surface area contributed by atoms with Crippen molar-refractivity contribution in [2.75, 3.05) is 0 Å². The van der Waals surface area contributed by atoms with Crippen molar-refractivity contribution in [3.8, 4) is 11.5 Å². The Morgan fingerprint density at radius 1 is 0.632 bits per heavy atom. The third-order valence-electron chi connectivity index (χ3n) is 2.29. The Bertz CT molecular complexity index is 570. The molecule has 0 bridgehead atoms. The Kier molecular flexibility index (Phi) is 9.22. The van der Waals surface area contributed by atoms with Crippen LogP contribution in [0.4, 0.5) is 0 Å². The Hall–Kier alpha value is 1.26. The smallest absolute Gasteiger partial charge is 0.206 e. The number of rotatable bonds is 2. The summed E-state index contributed by atoms with van der Waals surface area (Å²) < 4.78 is 24.2. The summed E-state index contributed by atoms with van der Waals surface area (Å²) in [5.41, 5.74) is 0. The number of phenolic OH excluding ortho intramolecular Hbond substituents is 2. The third kappa shape index (κ3) is 5.19. The maximum Gasteiger partial charge on any atom is 0.206 e. The quantitative estimate of drug-likeness (QED) is 0.812. The van der Waals surface area contributed by atoms with Crippen LogP contribution in [-0.4, -0.2) is 121 Å². The van der Waals surface area contributed by atoms with Gasteiger partial charge >= 0.3 is 0 Å². The minimum absolute atomic E-state index is 0. The zero-order chi connectivity index (χ0) is 12.5. The van der Waals surface area contributed by atoms with E-state index >= 15 is 0 Å². The van der Waals surface area contributed by atoms with Gasteiger partial charge in [-0.3, -0.25) is 0 Å². The van der Waals surface area contributed by atoms with Gasteiger partial charge in [-0.1, -0.05) is 0 Å². The molecule has 2 aromatic rings. The monoisotopic (exact) mass is 328 g/mol. The summed E-state index contributed by atoms with van der Waals surface area (Å²) in [6, 6.07) is 10.6. The van der Waals surface area contributed by atoms with Crippen LogP contribution in [0.5, 0.6) is 11.5 Å². The Morgan fingerprint density at radius 2 is 0.895 bits per heavy atom. The molecule has 0 saturated heterocycles. The maximum absolute atomic E-state index is 12.1. The molecule has 0 unspecified atom stereocenters. The van der Waals surface area contributed by atoms with E-state index in [4.69, 9.17) is 10.2 Å². The van der Waals surface area contributed by atoms with Gasteiger partial charge in [0.25, 0.3) is 0 Å². The number of phenols is 2. The predicted octanol–water partition coefficient (Wildman–Crippen LogP) is 1.17. The molecule has 0 aromatic heterocycles. The zero-order valence-corrected chi connectivity index (χ0v) is 17.8. The van der Waals surface area contributed by atoms with Gasteiger partial charge in [-0.2, -0.15) is 0 Å². The fraction of sp³-hybridized carbons (Fsp3) is 0. The molecule has 4 nitrogen and oxygen atoms in total. The standard InChI is InChI=1S/C12H10O4S.2K/c13-9-1-5-11(6-2-9)17(15,16)12-7-3-10(14)4-8-12;;/h1-8,13-14H;;. The van der Waals surface area contributed by atoms with E-state index in [2.05, 4.69) is 0 Å². The Balaban J connectivity index is 0.00000162. The molecule has 0 aliphatic carbocycles. The number of sulfone groups is 1. The minimum atomic E-state index is -3.59. The van der Waals surface area contributed by atoms with Gasteiger partial charge in [-0.15, -0.1) is 0 Å². The van der Waals surface area contributed by atoms with Gasteiger partial charge in [0.2, 0.25) is 9.84 Å². The first kappa shape index (κ1) is 20.3. The van der Waals surface area contributed by atoms with Crippen LogP contribution in [0.15, 0.2) is 58.3 Å². The summed E-state index contributed by atoms with van der Waals surface area (Å²) in [7, 11) is -3.59. The number of aromatic hydroxyl groups is 2. The fourth-order valence-electron chi connectivity index (χ4n) is 1.39. The van der Waals surface area contributed by atoms with Crippen molar-refractivity contribution in [3.63, 3.8) is 0 Å². The van der Waals surface area contributed by atoms with Crippen LogP contribution in [-0.2, 0) is 9.84 Å². The summed E-state index contributed by atoms with van der Waals surface area (Å²) in [6.45, 7) is 0. The van der Waals surface area contributed by atoms with E-state index in [1.165, 1.54) is 48.5 Å². The van der Waals surface area contributed by atoms with Crippen LogP contribution in [0.1, 0.15) is 0 Å². The van der Waals surface area contributed by atoms with Crippen molar-refractivity contribution < 1.29 is 18.6 Å². The van der Waals surface area contributed by atoms with Crippen LogP contribution in [0.2, 0.25) is 0 Å². The second-order valence-corrected chi connectivity index (χ2v) is 5.44. The van der Waals surface area contributed by atoms with Gasteiger partial charge in [-0.05, 0) is 48.5 Å². The summed E-state index contributed by atoms with van der Waals surface area (Å²) in [6.07, 6.45) is 0. The van der Waals surface area contributed by atoms with E-state index < -0.39 is 9.84 Å². The Labute approximate surface area is 197 Å². The second kappa shape index (κ2) is 8.64. The number of hydrogen-bond donors (Lipinski definition) is 2. The largest absolute Gasteiger partial charge is 0.508 e. The van der Waals surface area contributed by atoms with E-state index in [1.54, 1.807) is 0 Å². The Morgan fingerprint density at radius 3 is 1.16 bits per heavy atom. The van der Waals surface area contributed by atoms with Crippen molar-refractivity contribution in [1.82, 2.24) is 0 Å². The molecule has 0 fully saturated rings. The van der Waals surface area contributed by atoms with E-state index in [9.17, 15) is 8.42 Å². The van der Waals surface area contributed by atoms with Crippen LogP contribution in [0.3, 0.4) is 0 Å². The topological polar surface area (TPSA) is 74.6 Å². The van der Waals surface area contributed by atoms with E-state index in [-0.39, 0.29) is 124 Å². The van der Waals surface area contributed by atoms with Gasteiger partial charge in [0.15, 0.2) is 0 Å². The molecule has 0 spiro atoms. The molecule has 2 aromatic carbocycles. The summed E-state index contributed by atoms with van der Waals surface area (Å²) in [5.74, 6) is 0.0179. The first-order valence-corrected chi connectivity index (χ1v) is 6.31. The van der Waals surface area contributed by atoms with Crippen LogP contribution in [0, 0.1) is 0 Å². The molecule has 0 saturated carbocycles. The van der Waals surface area contributed by atoms with Gasteiger partial charge in [0.05, 0.1) is 9.79 Å². The number of hydrogen-bond acceptors (Lipinski definition) is 4. The summed E-state index contributed by atoms with van der Waals surface area (Å²) in [4.78, 5) is 0.196. The first-order valence-electron chi connectivity index (χ1n) is 4.83. The third-order valence-corrected chi connectivity index (χ3v) is 4.08. The van der Waals surface area contributed by atoms with Gasteiger partial charge in [-0.25, -0.2) is 8.42 Å². The molecule has 2 N–H and O–H groups in total. The van der Waals surface area contributed by atoms with Crippen LogP contribution in [0.25, 0.3) is 0 Å². The molecule has 0 aliphatic heterocycles. The summed E-state index contributed by atoms with van der Waals surface area (Å²) >= 11 is 0. The van der Waals surface area contributed by atoms with Gasteiger partial charge in [0.1, 0.15) is 11.5 Å². The molecule has 0 amide bonds. The molecule has 0 aliphatic rings. The maximum atomic E-state index is 12.1. The molecule has 19 heavy (non-hydrogen) atoms. The molecule has 2 rings (SSSR count). The molecule has 0 heterocycles. The molecular weight excluding hydrogens is 318 g/mol. The van der Waals surface area contributed by atoms with E-state index in [1.807, 2.05) is 0 Å². The molecule has 7 heteroatoms. The zero-order valence-electron chi connectivity index (χ0n) is 10.7. The van der Waals surface area contributed by atoms with Gasteiger partial charge in [0, 0.05) is 103 Å². The fourth-order valence-corrected chi connectivity index (χ4v) is 2.65. The molecule has 2 radical (unpaired) electrons. The second-order valence-electron chi connectivity index (χ2n) is 3.49. The number of benzene rings is 2. The SMILES string of the molecule is O=S(=O)(c1ccc(O)cc1)c1ccc(O)cc1.[K].[K]. The van der Waals surface area contributed by atoms with Crippen molar-refractivity contribution in [2.24, 2.45) is 0 Å². The normalized spacial score (nSPS) is 10.1. The average Bonchev–Trinajstić information content (AvgIpc) is 2.30. The average molecular weight is 328 g/mol. The van der Waals surface area contributed by atoms with Crippen molar-refractivity contribution in [1.29, 1.82) is 0 Å².